The van der Waals surface area contributed by atoms with Crippen molar-refractivity contribution in [3.63, 3.8) is 0 Å². The summed E-state index contributed by atoms with van der Waals surface area (Å²) in [6.45, 7) is 4.14. The van der Waals surface area contributed by atoms with Crippen LogP contribution in [0.2, 0.25) is 0 Å². The van der Waals surface area contributed by atoms with Crippen molar-refractivity contribution < 1.29 is 9.53 Å². The molecule has 26 heavy (non-hydrogen) atoms. The van der Waals surface area contributed by atoms with Gasteiger partial charge in [0.25, 0.3) is 0 Å². The minimum atomic E-state index is -0.0210. The van der Waals surface area contributed by atoms with E-state index in [1.54, 1.807) is 18.9 Å². The zero-order chi connectivity index (χ0) is 18.4. The van der Waals surface area contributed by atoms with Gasteiger partial charge >= 0.3 is 6.03 Å². The number of nitrogens with zero attached hydrogens (tertiary/aromatic N) is 2. The van der Waals surface area contributed by atoms with Crippen molar-refractivity contribution in [1.82, 2.24) is 9.80 Å². The maximum atomic E-state index is 12.5. The normalized spacial score (nSPS) is 14.9. The first-order chi connectivity index (χ1) is 12.7. The second-order valence-corrected chi connectivity index (χ2v) is 7.15. The highest BCUT2D eigenvalue weighted by atomic mass is 32.2. The van der Waals surface area contributed by atoms with Gasteiger partial charge in [0.2, 0.25) is 0 Å². The standard InChI is InChI=1S/C20H25N3O2S/c1-25-18-8-6-16(7-9-18)15-22-10-12-23(13-11-22)20(24)21-17-4-3-5-19(14-17)26-2/h3-9,14H,10-13,15H2,1-2H3,(H,21,24). The molecule has 0 unspecified atom stereocenters. The van der Waals surface area contributed by atoms with Gasteiger partial charge in [0.15, 0.2) is 0 Å². The van der Waals surface area contributed by atoms with Gasteiger partial charge < -0.3 is 15.0 Å². The highest BCUT2D eigenvalue weighted by molar-refractivity contribution is 7.98. The number of anilines is 1. The van der Waals surface area contributed by atoms with E-state index in [4.69, 9.17) is 4.74 Å². The fraction of sp³-hybridized carbons (Fsp3) is 0.350. The van der Waals surface area contributed by atoms with Crippen molar-refractivity contribution in [3.05, 3.63) is 54.1 Å². The number of methoxy groups -OCH3 is 1. The highest BCUT2D eigenvalue weighted by Gasteiger charge is 2.21. The summed E-state index contributed by atoms with van der Waals surface area (Å²) in [6, 6.07) is 16.1. The van der Waals surface area contributed by atoms with Crippen LogP contribution in [-0.2, 0) is 6.54 Å². The predicted molar refractivity (Wildman–Crippen MR) is 107 cm³/mol. The van der Waals surface area contributed by atoms with Crippen molar-refractivity contribution in [2.24, 2.45) is 0 Å². The molecule has 0 saturated carbocycles. The molecule has 5 nitrogen and oxygen atoms in total. The fourth-order valence-electron chi connectivity index (χ4n) is 3.00. The Kier molecular flexibility index (Phi) is 6.41. The molecule has 1 fully saturated rings. The Balaban J connectivity index is 1.48. The quantitative estimate of drug-likeness (QED) is 0.813. The van der Waals surface area contributed by atoms with Crippen LogP contribution in [0.4, 0.5) is 10.5 Å². The van der Waals surface area contributed by atoms with Crippen LogP contribution in [0.15, 0.2) is 53.4 Å². The van der Waals surface area contributed by atoms with E-state index >= 15 is 0 Å². The van der Waals surface area contributed by atoms with Gasteiger partial charge in [-0.1, -0.05) is 18.2 Å². The lowest BCUT2D eigenvalue weighted by Crippen LogP contribution is -2.49. The van der Waals surface area contributed by atoms with Crippen LogP contribution in [-0.4, -0.2) is 55.4 Å². The summed E-state index contributed by atoms with van der Waals surface area (Å²) in [6.07, 6.45) is 2.03. The van der Waals surface area contributed by atoms with Crippen molar-refractivity contribution in [2.45, 2.75) is 11.4 Å². The van der Waals surface area contributed by atoms with Crippen molar-refractivity contribution in [2.75, 3.05) is 44.9 Å². The van der Waals surface area contributed by atoms with Gasteiger partial charge in [0.05, 0.1) is 7.11 Å². The number of hydrogen-bond acceptors (Lipinski definition) is 4. The molecular weight excluding hydrogens is 346 g/mol. The SMILES string of the molecule is COc1ccc(CN2CCN(C(=O)Nc3cccc(SC)c3)CC2)cc1. The van der Waals surface area contributed by atoms with Crippen LogP contribution in [0.25, 0.3) is 0 Å². The van der Waals surface area contributed by atoms with E-state index in [2.05, 4.69) is 22.3 Å². The maximum Gasteiger partial charge on any atom is 0.321 e. The van der Waals surface area contributed by atoms with Gasteiger partial charge in [-0.05, 0) is 42.2 Å². The van der Waals surface area contributed by atoms with Crippen molar-refractivity contribution in [1.29, 1.82) is 0 Å². The lowest BCUT2D eigenvalue weighted by atomic mass is 10.2. The average molecular weight is 372 g/mol. The monoisotopic (exact) mass is 371 g/mol. The van der Waals surface area contributed by atoms with Gasteiger partial charge in [-0.2, -0.15) is 0 Å². The third-order valence-corrected chi connectivity index (χ3v) is 5.27. The zero-order valence-electron chi connectivity index (χ0n) is 15.3. The fourth-order valence-corrected chi connectivity index (χ4v) is 3.46. The lowest BCUT2D eigenvalue weighted by molar-refractivity contribution is 0.143. The maximum absolute atomic E-state index is 12.5. The smallest absolute Gasteiger partial charge is 0.321 e. The average Bonchev–Trinajstić information content (AvgIpc) is 2.69. The molecule has 1 aliphatic heterocycles. The second-order valence-electron chi connectivity index (χ2n) is 6.27. The van der Waals surface area contributed by atoms with Gasteiger partial charge in [0.1, 0.15) is 5.75 Å². The first-order valence-corrected chi connectivity index (χ1v) is 9.95. The van der Waals surface area contributed by atoms with Gasteiger partial charge in [-0.3, -0.25) is 4.90 Å². The molecular formula is C20H25N3O2S. The molecule has 2 aromatic rings. The summed E-state index contributed by atoms with van der Waals surface area (Å²) in [5.41, 5.74) is 2.11. The largest absolute Gasteiger partial charge is 0.497 e. The Morgan fingerprint density at radius 2 is 1.85 bits per heavy atom. The highest BCUT2D eigenvalue weighted by Crippen LogP contribution is 2.19. The Morgan fingerprint density at radius 1 is 1.12 bits per heavy atom. The predicted octanol–water partition coefficient (Wildman–Crippen LogP) is 3.77. The molecule has 1 aliphatic rings. The molecule has 138 valence electrons. The molecule has 0 spiro atoms. The molecule has 3 rings (SSSR count). The van der Waals surface area contributed by atoms with Crippen LogP contribution in [0.5, 0.6) is 5.75 Å². The van der Waals surface area contributed by atoms with E-state index in [9.17, 15) is 4.79 Å². The molecule has 1 saturated heterocycles. The Bertz CT molecular complexity index is 728. The topological polar surface area (TPSA) is 44.8 Å². The summed E-state index contributed by atoms with van der Waals surface area (Å²) in [5, 5.41) is 3.00. The van der Waals surface area contributed by atoms with Crippen LogP contribution >= 0.6 is 11.8 Å². The van der Waals surface area contributed by atoms with E-state index in [1.165, 1.54) is 5.56 Å². The van der Waals surface area contributed by atoms with E-state index in [0.717, 1.165) is 49.1 Å². The number of thioether (sulfide) groups is 1. The molecule has 1 heterocycles. The van der Waals surface area contributed by atoms with Crippen LogP contribution < -0.4 is 10.1 Å². The minimum Gasteiger partial charge on any atom is -0.497 e. The number of rotatable bonds is 5. The first-order valence-electron chi connectivity index (χ1n) is 8.73. The molecule has 1 N–H and O–H groups in total. The third-order valence-electron chi connectivity index (χ3n) is 4.55. The molecule has 0 aliphatic carbocycles. The Hall–Kier alpha value is -2.18. The van der Waals surface area contributed by atoms with Crippen LogP contribution in [0, 0.1) is 0 Å². The molecule has 0 atom stereocenters. The number of nitrogens with one attached hydrogen (secondary N) is 1. The number of ether oxygens (including phenoxy) is 1. The molecule has 2 aromatic carbocycles. The van der Waals surface area contributed by atoms with E-state index in [1.807, 2.05) is 47.6 Å². The first kappa shape index (κ1) is 18.6. The van der Waals surface area contributed by atoms with E-state index in [0.29, 0.717) is 0 Å². The number of urea groups is 1. The molecule has 2 amide bonds. The van der Waals surface area contributed by atoms with E-state index < -0.39 is 0 Å². The minimum absolute atomic E-state index is 0.0210. The van der Waals surface area contributed by atoms with Gasteiger partial charge in [-0.25, -0.2) is 4.79 Å². The van der Waals surface area contributed by atoms with Crippen LogP contribution in [0.3, 0.4) is 0 Å². The Labute approximate surface area is 159 Å². The van der Waals surface area contributed by atoms with Crippen molar-refractivity contribution >= 4 is 23.5 Å². The second kappa shape index (κ2) is 8.96. The van der Waals surface area contributed by atoms with Crippen LogP contribution in [0.1, 0.15) is 5.56 Å². The summed E-state index contributed by atoms with van der Waals surface area (Å²) in [5.74, 6) is 0.876. The third kappa shape index (κ3) is 4.93. The van der Waals surface area contributed by atoms with Gasteiger partial charge in [0, 0.05) is 43.3 Å². The Morgan fingerprint density at radius 3 is 2.50 bits per heavy atom. The van der Waals surface area contributed by atoms with Gasteiger partial charge in [-0.15, -0.1) is 11.8 Å². The summed E-state index contributed by atoms with van der Waals surface area (Å²) in [4.78, 5) is 17.9. The number of carbonyl (C=O) groups is 1. The van der Waals surface area contributed by atoms with E-state index in [-0.39, 0.29) is 6.03 Å². The molecule has 0 aromatic heterocycles. The number of carbonyl (C=O) groups excluding carboxylic acids is 1. The number of piperazine rings is 1. The summed E-state index contributed by atoms with van der Waals surface area (Å²) in [7, 11) is 1.68. The zero-order valence-corrected chi connectivity index (χ0v) is 16.1. The number of hydrogen-bond donors (Lipinski definition) is 1. The summed E-state index contributed by atoms with van der Waals surface area (Å²) < 4.78 is 5.20. The number of amides is 2. The molecule has 6 heteroatoms. The lowest BCUT2D eigenvalue weighted by Gasteiger charge is -2.34. The molecule has 0 bridgehead atoms. The number of benzene rings is 2. The molecule has 0 radical (unpaired) electrons. The van der Waals surface area contributed by atoms with Crippen molar-refractivity contribution in [3.8, 4) is 5.75 Å². The summed E-state index contributed by atoms with van der Waals surface area (Å²) >= 11 is 1.67.